The van der Waals surface area contributed by atoms with Crippen LogP contribution < -0.4 is 10.6 Å². The van der Waals surface area contributed by atoms with Crippen LogP contribution in [0.2, 0.25) is 5.02 Å². The van der Waals surface area contributed by atoms with Crippen molar-refractivity contribution in [2.24, 2.45) is 0 Å². The number of urea groups is 1. The summed E-state index contributed by atoms with van der Waals surface area (Å²) in [5.74, 6) is 0. The van der Waals surface area contributed by atoms with Gasteiger partial charge in [-0.15, -0.1) is 0 Å². The number of benzene rings is 2. The number of hydrogen-bond acceptors (Lipinski definition) is 3. The molecule has 0 spiro atoms. The summed E-state index contributed by atoms with van der Waals surface area (Å²) in [5, 5.41) is 6.11. The molecule has 0 atom stereocenters. The maximum absolute atomic E-state index is 12.1. The summed E-state index contributed by atoms with van der Waals surface area (Å²) in [6.45, 7) is 3.12. The van der Waals surface area contributed by atoms with Crippen LogP contribution in [0.15, 0.2) is 48.5 Å². The second-order valence-corrected chi connectivity index (χ2v) is 6.74. The largest absolute Gasteiger partial charge is 0.449 e. The molecule has 0 radical (unpaired) electrons. The third-order valence-electron chi connectivity index (χ3n) is 4.21. The first-order valence-electron chi connectivity index (χ1n) is 9.24. The lowest BCUT2D eigenvalue weighted by Gasteiger charge is -2.18. The highest BCUT2D eigenvalue weighted by molar-refractivity contribution is 6.31. The highest BCUT2D eigenvalue weighted by Crippen LogP contribution is 2.14. The Morgan fingerprint density at radius 3 is 2.50 bits per heavy atom. The van der Waals surface area contributed by atoms with Crippen molar-refractivity contribution in [3.63, 3.8) is 0 Å². The predicted molar refractivity (Wildman–Crippen MR) is 112 cm³/mol. The number of aryl methyl sites for hydroxylation is 1. The second-order valence-electron chi connectivity index (χ2n) is 6.34. The summed E-state index contributed by atoms with van der Waals surface area (Å²) >= 11 is 6.07. The van der Waals surface area contributed by atoms with Crippen LogP contribution in [0, 0.1) is 0 Å². The maximum atomic E-state index is 12.1. The molecule has 2 aromatic rings. The smallest absolute Gasteiger partial charge is 0.411 e. The summed E-state index contributed by atoms with van der Waals surface area (Å²) in [4.78, 5) is 25.4. The fourth-order valence-corrected chi connectivity index (χ4v) is 2.70. The van der Waals surface area contributed by atoms with E-state index in [1.165, 1.54) is 5.56 Å². The monoisotopic (exact) mass is 403 g/mol. The molecule has 0 unspecified atom stereocenters. The topological polar surface area (TPSA) is 70.7 Å². The first-order chi connectivity index (χ1) is 13.5. The molecule has 2 rings (SSSR count). The van der Waals surface area contributed by atoms with Gasteiger partial charge in [-0.05, 0) is 42.2 Å². The molecule has 0 bridgehead atoms. The fraction of sp³-hybridized carbons (Fsp3) is 0.333. The van der Waals surface area contributed by atoms with Gasteiger partial charge >= 0.3 is 12.1 Å². The van der Waals surface area contributed by atoms with E-state index in [2.05, 4.69) is 17.6 Å². The van der Waals surface area contributed by atoms with Crippen LogP contribution in [0.25, 0.3) is 0 Å². The molecule has 0 aliphatic rings. The number of nitrogens with zero attached hydrogens (tertiary/aromatic N) is 1. The van der Waals surface area contributed by atoms with E-state index in [1.54, 1.807) is 18.0 Å². The molecule has 2 aromatic carbocycles. The van der Waals surface area contributed by atoms with Gasteiger partial charge in [0.2, 0.25) is 0 Å². The molecule has 0 aromatic heterocycles. The summed E-state index contributed by atoms with van der Waals surface area (Å²) in [5.41, 5.74) is 2.76. The van der Waals surface area contributed by atoms with Crippen molar-refractivity contribution in [3.05, 3.63) is 64.7 Å². The maximum Gasteiger partial charge on any atom is 0.411 e. The number of carbonyl (C=O) groups excluding carboxylic acids is 2. The van der Waals surface area contributed by atoms with Crippen molar-refractivity contribution in [1.29, 1.82) is 0 Å². The van der Waals surface area contributed by atoms with Gasteiger partial charge in [0, 0.05) is 30.8 Å². The first-order valence-corrected chi connectivity index (χ1v) is 9.62. The zero-order valence-corrected chi connectivity index (χ0v) is 17.0. The number of nitrogens with one attached hydrogen (secondary N) is 2. The lowest BCUT2D eigenvalue weighted by molar-refractivity contribution is 0.155. The minimum Gasteiger partial charge on any atom is -0.449 e. The average molecular weight is 404 g/mol. The zero-order valence-electron chi connectivity index (χ0n) is 16.2. The van der Waals surface area contributed by atoms with Crippen molar-refractivity contribution < 1.29 is 14.3 Å². The van der Waals surface area contributed by atoms with Gasteiger partial charge in [0.25, 0.3) is 0 Å². The number of ether oxygens (including phenoxy) is 1. The number of anilines is 1. The highest BCUT2D eigenvalue weighted by atomic mass is 35.5. The Hall–Kier alpha value is -2.73. The lowest BCUT2D eigenvalue weighted by atomic mass is 10.1. The Morgan fingerprint density at radius 1 is 1.11 bits per heavy atom. The number of rotatable bonds is 8. The number of carbonyl (C=O) groups is 2. The Morgan fingerprint density at radius 2 is 1.82 bits per heavy atom. The number of hydrogen-bond donors (Lipinski definition) is 2. The molecule has 6 nitrogen and oxygen atoms in total. The normalized spacial score (nSPS) is 10.2. The second kappa shape index (κ2) is 11.2. The van der Waals surface area contributed by atoms with Crippen LogP contribution >= 0.6 is 11.6 Å². The quantitative estimate of drug-likeness (QED) is 0.628. The molecule has 28 heavy (non-hydrogen) atoms. The van der Waals surface area contributed by atoms with E-state index < -0.39 is 6.09 Å². The third kappa shape index (κ3) is 7.12. The summed E-state index contributed by atoms with van der Waals surface area (Å²) in [6.07, 6.45) is 0.984. The van der Waals surface area contributed by atoms with Gasteiger partial charge in [-0.25, -0.2) is 9.59 Å². The summed E-state index contributed by atoms with van der Waals surface area (Å²) < 4.78 is 5.15. The van der Waals surface area contributed by atoms with Crippen LogP contribution in [-0.4, -0.2) is 37.2 Å². The minimum atomic E-state index is -0.505. The van der Waals surface area contributed by atoms with E-state index in [0.717, 1.165) is 12.0 Å². The van der Waals surface area contributed by atoms with E-state index in [-0.39, 0.29) is 12.6 Å². The van der Waals surface area contributed by atoms with Gasteiger partial charge in [-0.3, -0.25) is 5.32 Å². The van der Waals surface area contributed by atoms with E-state index in [0.29, 0.717) is 30.2 Å². The van der Waals surface area contributed by atoms with E-state index in [4.69, 9.17) is 16.3 Å². The van der Waals surface area contributed by atoms with E-state index in [1.807, 2.05) is 42.5 Å². The summed E-state index contributed by atoms with van der Waals surface area (Å²) in [7, 11) is 1.69. The molecule has 0 aliphatic carbocycles. The third-order valence-corrected chi connectivity index (χ3v) is 4.58. The van der Waals surface area contributed by atoms with Gasteiger partial charge in [-0.1, -0.05) is 48.9 Å². The molecule has 0 saturated heterocycles. The van der Waals surface area contributed by atoms with Gasteiger partial charge in [-0.2, -0.15) is 0 Å². The highest BCUT2D eigenvalue weighted by Gasteiger charge is 2.09. The number of halogens is 1. The Labute approximate surface area is 170 Å². The van der Waals surface area contributed by atoms with Crippen molar-refractivity contribution in [2.75, 3.05) is 25.5 Å². The van der Waals surface area contributed by atoms with Crippen molar-refractivity contribution in [1.82, 2.24) is 10.2 Å². The fourth-order valence-electron chi connectivity index (χ4n) is 2.49. The van der Waals surface area contributed by atoms with E-state index >= 15 is 0 Å². The average Bonchev–Trinajstić information content (AvgIpc) is 2.70. The zero-order chi connectivity index (χ0) is 20.4. The van der Waals surface area contributed by atoms with Crippen LogP contribution in [-0.2, 0) is 17.7 Å². The van der Waals surface area contributed by atoms with Gasteiger partial charge < -0.3 is 15.0 Å². The Kier molecular flexibility index (Phi) is 8.62. The molecule has 3 amide bonds. The van der Waals surface area contributed by atoms with Gasteiger partial charge in [0.05, 0.1) is 6.61 Å². The van der Waals surface area contributed by atoms with E-state index in [9.17, 15) is 9.59 Å². The molecule has 0 fully saturated rings. The van der Waals surface area contributed by atoms with Crippen molar-refractivity contribution in [2.45, 2.75) is 26.3 Å². The van der Waals surface area contributed by atoms with Crippen molar-refractivity contribution >= 4 is 29.4 Å². The molecule has 0 heterocycles. The SMILES string of the molecule is CCc1ccc(NC(=O)OCCCN(C)C(=O)NCc2ccccc2Cl)cc1. The summed E-state index contributed by atoms with van der Waals surface area (Å²) in [6, 6.07) is 14.8. The molecular weight excluding hydrogens is 378 g/mol. The van der Waals surface area contributed by atoms with Gasteiger partial charge in [0.15, 0.2) is 0 Å². The predicted octanol–water partition coefficient (Wildman–Crippen LogP) is 4.68. The lowest BCUT2D eigenvalue weighted by Crippen LogP contribution is -2.37. The molecule has 0 aliphatic heterocycles. The molecule has 0 saturated carbocycles. The Bertz CT molecular complexity index is 781. The molecule has 7 heteroatoms. The minimum absolute atomic E-state index is 0.208. The van der Waals surface area contributed by atoms with Crippen LogP contribution in [0.3, 0.4) is 0 Å². The number of amides is 3. The molecular formula is C21H26ClN3O3. The van der Waals surface area contributed by atoms with Crippen molar-refractivity contribution in [3.8, 4) is 0 Å². The van der Waals surface area contributed by atoms with Crippen LogP contribution in [0.4, 0.5) is 15.3 Å². The molecule has 150 valence electrons. The first kappa shape index (κ1) is 21.6. The Balaban J connectivity index is 1.62. The van der Waals surface area contributed by atoms with Crippen LogP contribution in [0.5, 0.6) is 0 Å². The van der Waals surface area contributed by atoms with Crippen LogP contribution in [0.1, 0.15) is 24.5 Å². The molecule has 2 N–H and O–H groups in total. The van der Waals surface area contributed by atoms with Gasteiger partial charge in [0.1, 0.15) is 0 Å². The standard InChI is InChI=1S/C21H26ClN3O3/c1-3-16-9-11-18(12-10-16)24-21(27)28-14-6-13-25(2)20(26)23-15-17-7-4-5-8-19(17)22/h4-5,7-12H,3,6,13-15H2,1-2H3,(H,23,26)(H,24,27).